The summed E-state index contributed by atoms with van der Waals surface area (Å²) in [7, 11) is 0. The number of rotatable bonds is 7. The standard InChI is InChI=1S/C14H29NO/c1-4-11-15-14(12(3)16-5-2)13-9-7-6-8-10-13/h12-15H,4-11H2,1-3H3. The van der Waals surface area contributed by atoms with Crippen molar-refractivity contribution in [3.63, 3.8) is 0 Å². The quantitative estimate of drug-likeness (QED) is 0.720. The second kappa shape index (κ2) is 8.08. The minimum atomic E-state index is 0.361. The minimum absolute atomic E-state index is 0.361. The highest BCUT2D eigenvalue weighted by Crippen LogP contribution is 2.28. The van der Waals surface area contributed by atoms with Gasteiger partial charge in [-0.3, -0.25) is 0 Å². The summed E-state index contributed by atoms with van der Waals surface area (Å²) in [6.07, 6.45) is 8.60. The smallest absolute Gasteiger partial charge is 0.0702 e. The largest absolute Gasteiger partial charge is 0.377 e. The third-order valence-electron chi connectivity index (χ3n) is 3.72. The summed E-state index contributed by atoms with van der Waals surface area (Å²) in [5, 5.41) is 3.70. The van der Waals surface area contributed by atoms with E-state index >= 15 is 0 Å². The van der Waals surface area contributed by atoms with Crippen LogP contribution in [0.2, 0.25) is 0 Å². The third kappa shape index (κ3) is 4.42. The zero-order valence-electron chi connectivity index (χ0n) is 11.3. The maximum absolute atomic E-state index is 5.79. The number of hydrogen-bond donors (Lipinski definition) is 1. The second-order valence-electron chi connectivity index (χ2n) is 5.04. The molecule has 0 aromatic rings. The van der Waals surface area contributed by atoms with E-state index in [2.05, 4.69) is 26.1 Å². The van der Waals surface area contributed by atoms with Crippen molar-refractivity contribution < 1.29 is 4.74 Å². The first-order valence-corrected chi connectivity index (χ1v) is 7.14. The molecule has 2 heteroatoms. The van der Waals surface area contributed by atoms with Crippen LogP contribution in [0.4, 0.5) is 0 Å². The fourth-order valence-corrected chi connectivity index (χ4v) is 2.89. The van der Waals surface area contributed by atoms with E-state index in [9.17, 15) is 0 Å². The molecule has 16 heavy (non-hydrogen) atoms. The molecule has 0 saturated heterocycles. The van der Waals surface area contributed by atoms with Crippen molar-refractivity contribution in [3.05, 3.63) is 0 Å². The lowest BCUT2D eigenvalue weighted by atomic mass is 9.82. The van der Waals surface area contributed by atoms with Gasteiger partial charge < -0.3 is 10.1 Å². The first-order valence-electron chi connectivity index (χ1n) is 7.14. The van der Waals surface area contributed by atoms with Gasteiger partial charge in [-0.2, -0.15) is 0 Å². The van der Waals surface area contributed by atoms with Crippen LogP contribution >= 0.6 is 0 Å². The van der Waals surface area contributed by atoms with Crippen LogP contribution < -0.4 is 5.32 Å². The lowest BCUT2D eigenvalue weighted by Crippen LogP contribution is -2.46. The summed E-state index contributed by atoms with van der Waals surface area (Å²) in [4.78, 5) is 0. The molecule has 0 aliphatic heterocycles. The molecule has 96 valence electrons. The zero-order chi connectivity index (χ0) is 11.8. The van der Waals surface area contributed by atoms with Gasteiger partial charge in [0, 0.05) is 12.6 Å². The van der Waals surface area contributed by atoms with Crippen LogP contribution in [0.5, 0.6) is 0 Å². The average molecular weight is 227 g/mol. The van der Waals surface area contributed by atoms with E-state index in [1.54, 1.807) is 0 Å². The Hall–Kier alpha value is -0.0800. The van der Waals surface area contributed by atoms with Gasteiger partial charge in [0.15, 0.2) is 0 Å². The molecular formula is C14H29NO. The van der Waals surface area contributed by atoms with Crippen molar-refractivity contribution in [3.8, 4) is 0 Å². The number of hydrogen-bond acceptors (Lipinski definition) is 2. The first-order chi connectivity index (χ1) is 7.79. The molecule has 2 atom stereocenters. The van der Waals surface area contributed by atoms with E-state index in [1.165, 1.54) is 38.5 Å². The molecule has 1 aliphatic rings. The molecule has 0 aromatic carbocycles. The Morgan fingerprint density at radius 1 is 1.19 bits per heavy atom. The van der Waals surface area contributed by atoms with Crippen molar-refractivity contribution >= 4 is 0 Å². The van der Waals surface area contributed by atoms with Gasteiger partial charge >= 0.3 is 0 Å². The summed E-state index contributed by atoms with van der Waals surface area (Å²) in [5.74, 6) is 0.835. The number of ether oxygens (including phenoxy) is 1. The monoisotopic (exact) mass is 227 g/mol. The third-order valence-corrected chi connectivity index (χ3v) is 3.72. The van der Waals surface area contributed by atoms with E-state index in [4.69, 9.17) is 4.74 Å². The van der Waals surface area contributed by atoms with Crippen LogP contribution in [0.3, 0.4) is 0 Å². The normalized spacial score (nSPS) is 21.9. The highest BCUT2D eigenvalue weighted by Gasteiger charge is 2.27. The highest BCUT2D eigenvalue weighted by molar-refractivity contribution is 4.83. The van der Waals surface area contributed by atoms with E-state index in [-0.39, 0.29) is 0 Å². The van der Waals surface area contributed by atoms with Crippen molar-refractivity contribution in [2.75, 3.05) is 13.2 Å². The summed E-state index contributed by atoms with van der Waals surface area (Å²) >= 11 is 0. The molecule has 1 rings (SSSR count). The molecule has 1 aliphatic carbocycles. The molecule has 0 radical (unpaired) electrons. The van der Waals surface area contributed by atoms with E-state index < -0.39 is 0 Å². The molecule has 1 N–H and O–H groups in total. The fourth-order valence-electron chi connectivity index (χ4n) is 2.89. The number of nitrogens with one attached hydrogen (secondary N) is 1. The van der Waals surface area contributed by atoms with Crippen LogP contribution in [-0.2, 0) is 4.74 Å². The van der Waals surface area contributed by atoms with Crippen LogP contribution in [0.15, 0.2) is 0 Å². The summed E-state index contributed by atoms with van der Waals surface area (Å²) in [5.41, 5.74) is 0. The Morgan fingerprint density at radius 3 is 2.44 bits per heavy atom. The van der Waals surface area contributed by atoms with Crippen molar-refractivity contribution in [2.45, 2.75) is 71.4 Å². The molecule has 2 unspecified atom stereocenters. The molecule has 0 bridgehead atoms. The van der Waals surface area contributed by atoms with Gasteiger partial charge in [0.1, 0.15) is 0 Å². The molecule has 1 saturated carbocycles. The maximum atomic E-state index is 5.79. The molecule has 0 aromatic heterocycles. The first kappa shape index (κ1) is 14.0. The predicted molar refractivity (Wildman–Crippen MR) is 69.7 cm³/mol. The van der Waals surface area contributed by atoms with Crippen molar-refractivity contribution in [2.24, 2.45) is 5.92 Å². The molecular weight excluding hydrogens is 198 g/mol. The molecule has 0 amide bonds. The summed E-state index contributed by atoms with van der Waals surface area (Å²) in [6, 6.07) is 0.570. The van der Waals surface area contributed by atoms with E-state index in [1.807, 2.05) is 0 Å². The van der Waals surface area contributed by atoms with E-state index in [0.29, 0.717) is 12.1 Å². The van der Waals surface area contributed by atoms with Crippen molar-refractivity contribution in [1.29, 1.82) is 0 Å². The van der Waals surface area contributed by atoms with Crippen LogP contribution in [-0.4, -0.2) is 25.3 Å². The highest BCUT2D eigenvalue weighted by atomic mass is 16.5. The molecule has 0 heterocycles. The van der Waals surface area contributed by atoms with Crippen molar-refractivity contribution in [1.82, 2.24) is 5.32 Å². The van der Waals surface area contributed by atoms with Crippen LogP contribution in [0.25, 0.3) is 0 Å². The van der Waals surface area contributed by atoms with Gasteiger partial charge in [-0.15, -0.1) is 0 Å². The maximum Gasteiger partial charge on any atom is 0.0702 e. The SMILES string of the molecule is CCCNC(C1CCCCC1)C(C)OCC. The summed E-state index contributed by atoms with van der Waals surface area (Å²) in [6.45, 7) is 8.51. The minimum Gasteiger partial charge on any atom is -0.377 e. The fraction of sp³-hybridized carbons (Fsp3) is 1.00. The molecule has 2 nitrogen and oxygen atoms in total. The van der Waals surface area contributed by atoms with Crippen LogP contribution in [0, 0.1) is 5.92 Å². The van der Waals surface area contributed by atoms with E-state index in [0.717, 1.165) is 19.1 Å². The lowest BCUT2D eigenvalue weighted by Gasteiger charge is -2.35. The predicted octanol–water partition coefficient (Wildman–Crippen LogP) is 3.36. The van der Waals surface area contributed by atoms with Gasteiger partial charge in [-0.05, 0) is 45.6 Å². The van der Waals surface area contributed by atoms with Gasteiger partial charge in [0.25, 0.3) is 0 Å². The Kier molecular flexibility index (Phi) is 7.06. The molecule has 0 spiro atoms. The van der Waals surface area contributed by atoms with Gasteiger partial charge in [0.05, 0.1) is 6.10 Å². The zero-order valence-corrected chi connectivity index (χ0v) is 11.3. The molecule has 1 fully saturated rings. The Morgan fingerprint density at radius 2 is 1.88 bits per heavy atom. The lowest BCUT2D eigenvalue weighted by molar-refractivity contribution is 0.0237. The van der Waals surface area contributed by atoms with Gasteiger partial charge in [-0.1, -0.05) is 26.2 Å². The Bertz CT molecular complexity index is 166. The van der Waals surface area contributed by atoms with Crippen LogP contribution in [0.1, 0.15) is 59.3 Å². The second-order valence-corrected chi connectivity index (χ2v) is 5.04. The summed E-state index contributed by atoms with van der Waals surface area (Å²) < 4.78 is 5.79. The van der Waals surface area contributed by atoms with Gasteiger partial charge in [-0.25, -0.2) is 0 Å². The van der Waals surface area contributed by atoms with Gasteiger partial charge in [0.2, 0.25) is 0 Å². The average Bonchev–Trinajstić information content (AvgIpc) is 2.31. The Balaban J connectivity index is 2.46. The Labute approximate surface area is 101 Å². The topological polar surface area (TPSA) is 21.3 Å².